The minimum absolute atomic E-state index is 0.0369. The summed E-state index contributed by atoms with van der Waals surface area (Å²) < 4.78 is 17.6. The fraction of sp³-hybridized carbons (Fsp3) is 0.200. The summed E-state index contributed by atoms with van der Waals surface area (Å²) in [6, 6.07) is 13.2. The van der Waals surface area contributed by atoms with Crippen molar-refractivity contribution in [3.8, 4) is 6.07 Å². The van der Waals surface area contributed by atoms with Crippen LogP contribution in [0.25, 0.3) is 6.08 Å². The first kappa shape index (κ1) is 20.9. The molecule has 0 aliphatic carbocycles. The Kier molecular flexibility index (Phi) is 5.19. The number of carbonyl (C=O) groups is 1. The third kappa shape index (κ3) is 3.77. The molecule has 0 radical (unpaired) electrons. The average molecular weight is 460 g/mol. The molecule has 7 nitrogen and oxygen atoms in total. The Bertz CT molecular complexity index is 1360. The summed E-state index contributed by atoms with van der Waals surface area (Å²) in [5.41, 5.74) is 7.95. The number of amides is 1. The second kappa shape index (κ2) is 8.19. The molecule has 1 unspecified atom stereocenters. The van der Waals surface area contributed by atoms with Gasteiger partial charge in [0.05, 0.1) is 17.3 Å². The van der Waals surface area contributed by atoms with E-state index in [4.69, 9.17) is 19.3 Å². The molecule has 8 heteroatoms. The van der Waals surface area contributed by atoms with Crippen LogP contribution in [0.3, 0.4) is 0 Å². The number of allylic oxidation sites excluding steroid dienone is 1. The summed E-state index contributed by atoms with van der Waals surface area (Å²) in [7, 11) is 0. The zero-order chi connectivity index (χ0) is 23.1. The number of nitriles is 1. The Morgan fingerprint density at radius 2 is 1.97 bits per heavy atom. The van der Waals surface area contributed by atoms with Gasteiger partial charge in [0.15, 0.2) is 0 Å². The Labute approximate surface area is 194 Å². The van der Waals surface area contributed by atoms with Gasteiger partial charge >= 0.3 is 0 Å². The minimum Gasteiger partial charge on any atom is -0.465 e. The van der Waals surface area contributed by atoms with Crippen LogP contribution in [0.2, 0.25) is 0 Å². The van der Waals surface area contributed by atoms with Crippen molar-refractivity contribution in [2.45, 2.75) is 19.8 Å². The molecule has 0 spiro atoms. The van der Waals surface area contributed by atoms with E-state index in [9.17, 15) is 10.1 Å². The molecule has 33 heavy (non-hydrogen) atoms. The summed E-state index contributed by atoms with van der Waals surface area (Å²) in [6.45, 7) is 4.31. The van der Waals surface area contributed by atoms with Crippen LogP contribution in [0, 0.1) is 25.2 Å². The number of furan rings is 2. The van der Waals surface area contributed by atoms with Crippen LogP contribution in [-0.2, 0) is 4.74 Å². The van der Waals surface area contributed by atoms with Gasteiger partial charge in [0, 0.05) is 17.7 Å². The first-order chi connectivity index (χ1) is 15.9. The smallest absolute Gasteiger partial charge is 0.264 e. The van der Waals surface area contributed by atoms with E-state index in [2.05, 4.69) is 6.07 Å². The fourth-order valence-corrected chi connectivity index (χ4v) is 4.90. The number of hydrogen-bond acceptors (Lipinski definition) is 7. The second-order valence-corrected chi connectivity index (χ2v) is 8.93. The highest BCUT2D eigenvalue weighted by atomic mass is 32.1. The van der Waals surface area contributed by atoms with E-state index in [1.54, 1.807) is 11.0 Å². The number of nitrogens with two attached hydrogens (primary N) is 1. The van der Waals surface area contributed by atoms with Crippen LogP contribution < -0.4 is 5.73 Å². The van der Waals surface area contributed by atoms with Gasteiger partial charge in [-0.3, -0.25) is 4.79 Å². The largest absolute Gasteiger partial charge is 0.465 e. The predicted molar refractivity (Wildman–Crippen MR) is 123 cm³/mol. The van der Waals surface area contributed by atoms with Crippen molar-refractivity contribution in [2.24, 2.45) is 5.73 Å². The van der Waals surface area contributed by atoms with Gasteiger partial charge < -0.3 is 24.2 Å². The maximum atomic E-state index is 13.3. The molecule has 0 aromatic carbocycles. The Hall–Kier alpha value is -3.96. The van der Waals surface area contributed by atoms with Gasteiger partial charge in [-0.1, -0.05) is 6.07 Å². The van der Waals surface area contributed by atoms with Gasteiger partial charge in [-0.15, -0.1) is 11.3 Å². The third-order valence-electron chi connectivity index (χ3n) is 5.68. The van der Waals surface area contributed by atoms with Crippen molar-refractivity contribution in [1.29, 1.82) is 5.26 Å². The van der Waals surface area contributed by atoms with E-state index in [-0.39, 0.29) is 23.9 Å². The number of carbonyl (C=O) groups excluding carboxylic acids is 1. The molecule has 0 saturated heterocycles. The summed E-state index contributed by atoms with van der Waals surface area (Å²) in [6.07, 6.45) is 1.85. The lowest BCUT2D eigenvalue weighted by molar-refractivity contribution is 0.0771. The molecule has 1 amide bonds. The molecule has 5 rings (SSSR count). The van der Waals surface area contributed by atoms with Crippen molar-refractivity contribution in [3.63, 3.8) is 0 Å². The minimum atomic E-state index is -0.548. The molecule has 3 aromatic rings. The van der Waals surface area contributed by atoms with Crippen molar-refractivity contribution in [3.05, 3.63) is 98.1 Å². The molecule has 0 fully saturated rings. The summed E-state index contributed by atoms with van der Waals surface area (Å²) >= 11 is 1.39. The number of hydrogen-bond donors (Lipinski definition) is 1. The average Bonchev–Trinajstić information content (AvgIpc) is 3.55. The Morgan fingerprint density at radius 3 is 2.61 bits per heavy atom. The molecule has 2 N–H and O–H groups in total. The highest BCUT2D eigenvalue weighted by molar-refractivity contribution is 7.12. The molecular formula is C25H21N3O4S. The lowest BCUT2D eigenvalue weighted by Gasteiger charge is -2.37. The third-order valence-corrected chi connectivity index (χ3v) is 6.54. The Morgan fingerprint density at radius 1 is 1.18 bits per heavy atom. The molecule has 0 bridgehead atoms. The van der Waals surface area contributed by atoms with Crippen molar-refractivity contribution >= 4 is 23.3 Å². The lowest BCUT2D eigenvalue weighted by Crippen LogP contribution is -2.41. The standard InChI is InChI=1S/C25H21N3O4S/c1-14-5-7-17(30-14)10-16-12-28(25(29)21-4-3-9-33-21)13-19-22(20-8-6-15(2)31-20)18(11-26)24(27)32-23(16)19/h3-10,22H,12-13,27H2,1-2H3/b16-10+. The number of aryl methyl sites for hydroxylation is 2. The molecule has 3 aromatic heterocycles. The van der Waals surface area contributed by atoms with E-state index < -0.39 is 5.92 Å². The summed E-state index contributed by atoms with van der Waals surface area (Å²) in [5.74, 6) is 2.67. The van der Waals surface area contributed by atoms with Gasteiger partial charge in [-0.25, -0.2) is 0 Å². The SMILES string of the molecule is Cc1ccc(/C=C2\CN(C(=O)c3cccs3)CC3=C2OC(N)=C(C#N)C3c2ccc(C)o2)o1. The first-order valence-electron chi connectivity index (χ1n) is 10.4. The maximum absolute atomic E-state index is 13.3. The molecule has 1 atom stereocenters. The van der Waals surface area contributed by atoms with Gasteiger partial charge in [0.25, 0.3) is 5.91 Å². The quantitative estimate of drug-likeness (QED) is 0.600. The van der Waals surface area contributed by atoms with Crippen molar-refractivity contribution in [2.75, 3.05) is 13.1 Å². The molecule has 5 heterocycles. The number of ether oxygens (including phenoxy) is 1. The van der Waals surface area contributed by atoms with Gasteiger partial charge in [-0.2, -0.15) is 5.26 Å². The van der Waals surface area contributed by atoms with Crippen LogP contribution >= 0.6 is 11.3 Å². The normalized spacial score (nSPS) is 19.5. The molecule has 2 aliphatic rings. The Balaban J connectivity index is 1.66. The van der Waals surface area contributed by atoms with Crippen molar-refractivity contribution in [1.82, 2.24) is 4.90 Å². The van der Waals surface area contributed by atoms with E-state index in [1.165, 1.54) is 11.3 Å². The summed E-state index contributed by atoms with van der Waals surface area (Å²) in [4.78, 5) is 15.7. The number of nitrogens with zero attached hydrogens (tertiary/aromatic N) is 2. The van der Waals surface area contributed by atoms with Gasteiger partial charge in [-0.05, 0) is 55.6 Å². The second-order valence-electron chi connectivity index (χ2n) is 7.98. The highest BCUT2D eigenvalue weighted by Crippen LogP contribution is 2.44. The maximum Gasteiger partial charge on any atom is 0.264 e. The predicted octanol–water partition coefficient (Wildman–Crippen LogP) is 4.85. The van der Waals surface area contributed by atoms with Gasteiger partial charge in [0.1, 0.15) is 40.4 Å². The fourth-order valence-electron chi connectivity index (χ4n) is 4.21. The van der Waals surface area contributed by atoms with Crippen LogP contribution in [-0.4, -0.2) is 23.9 Å². The molecule has 0 saturated carbocycles. The first-order valence-corrected chi connectivity index (χ1v) is 11.3. The topological polar surface area (TPSA) is 106 Å². The van der Waals surface area contributed by atoms with Gasteiger partial charge in [0.2, 0.25) is 5.88 Å². The lowest BCUT2D eigenvalue weighted by atomic mass is 9.83. The number of thiophene rings is 1. The van der Waals surface area contributed by atoms with Crippen LogP contribution in [0.5, 0.6) is 0 Å². The van der Waals surface area contributed by atoms with Crippen LogP contribution in [0.15, 0.2) is 79.0 Å². The van der Waals surface area contributed by atoms with Crippen molar-refractivity contribution < 1.29 is 18.4 Å². The molecule has 166 valence electrons. The zero-order valence-corrected chi connectivity index (χ0v) is 18.9. The summed E-state index contributed by atoms with van der Waals surface area (Å²) in [5, 5.41) is 11.8. The number of rotatable bonds is 3. The molecular weight excluding hydrogens is 438 g/mol. The highest BCUT2D eigenvalue weighted by Gasteiger charge is 2.40. The van der Waals surface area contributed by atoms with E-state index in [1.807, 2.05) is 55.6 Å². The van der Waals surface area contributed by atoms with E-state index >= 15 is 0 Å². The van der Waals surface area contributed by atoms with Crippen LogP contribution in [0.4, 0.5) is 0 Å². The molecule has 2 aliphatic heterocycles. The zero-order valence-electron chi connectivity index (χ0n) is 18.1. The van der Waals surface area contributed by atoms with Crippen LogP contribution in [0.1, 0.15) is 38.6 Å². The van der Waals surface area contributed by atoms with E-state index in [0.29, 0.717) is 28.7 Å². The monoisotopic (exact) mass is 459 g/mol. The van der Waals surface area contributed by atoms with E-state index in [0.717, 1.165) is 22.7 Å².